The Morgan fingerprint density at radius 3 is 2.31 bits per heavy atom. The summed E-state index contributed by atoms with van der Waals surface area (Å²) in [6.45, 7) is 1.82. The average Bonchev–Trinajstić information content (AvgIpc) is 2.90. The maximum absolute atomic E-state index is 13.6. The fourth-order valence-corrected chi connectivity index (χ4v) is 6.29. The van der Waals surface area contributed by atoms with Gasteiger partial charge in [0, 0.05) is 19.6 Å². The third kappa shape index (κ3) is 5.04. The molecule has 0 saturated carbocycles. The van der Waals surface area contributed by atoms with Gasteiger partial charge in [0.05, 0.1) is 5.69 Å². The predicted octanol–water partition coefficient (Wildman–Crippen LogP) is 4.39. The molecule has 0 bridgehead atoms. The Hall–Kier alpha value is -3.36. The van der Waals surface area contributed by atoms with Crippen molar-refractivity contribution in [3.05, 3.63) is 90.0 Å². The standard InChI is InChI=1S/C27H29N3O4S/c31-26(29-17-7-2-8-18-29)20-34-23-15-13-22(14-16-23)27-28-24-11-5-6-12-25(24)35(32,33)30(27)19-21-9-3-1-4-10-21/h1,3-6,9-16,27-28H,2,7-8,17-20H2. The summed E-state index contributed by atoms with van der Waals surface area (Å²) in [5.41, 5.74) is 2.27. The number of likely N-dealkylation sites (tertiary alicyclic amines) is 1. The number of amides is 1. The number of carbonyl (C=O) groups excluding carboxylic acids is 1. The van der Waals surface area contributed by atoms with Crippen molar-refractivity contribution in [3.8, 4) is 5.75 Å². The van der Waals surface area contributed by atoms with Crippen LogP contribution in [0.25, 0.3) is 0 Å². The Morgan fingerprint density at radius 2 is 1.57 bits per heavy atom. The smallest absolute Gasteiger partial charge is 0.260 e. The molecule has 2 aliphatic heterocycles. The third-order valence-electron chi connectivity index (χ3n) is 6.50. The van der Waals surface area contributed by atoms with Gasteiger partial charge < -0.3 is 15.0 Å². The minimum Gasteiger partial charge on any atom is -0.484 e. The van der Waals surface area contributed by atoms with Crippen LogP contribution in [0.2, 0.25) is 0 Å². The molecule has 3 aromatic rings. The predicted molar refractivity (Wildman–Crippen MR) is 134 cm³/mol. The zero-order chi connectivity index (χ0) is 24.3. The normalized spacial score (nSPS) is 19.4. The molecule has 7 nitrogen and oxygen atoms in total. The first-order valence-electron chi connectivity index (χ1n) is 11.9. The second kappa shape index (κ2) is 10.1. The number of fused-ring (bicyclic) bond motifs is 1. The van der Waals surface area contributed by atoms with Crippen LogP contribution in [0.4, 0.5) is 5.69 Å². The van der Waals surface area contributed by atoms with E-state index in [-0.39, 0.29) is 24.0 Å². The lowest BCUT2D eigenvalue weighted by Crippen LogP contribution is -2.42. The van der Waals surface area contributed by atoms with Gasteiger partial charge in [-0.25, -0.2) is 8.42 Å². The number of carbonyl (C=O) groups is 1. The van der Waals surface area contributed by atoms with Gasteiger partial charge in [0.15, 0.2) is 6.61 Å². The summed E-state index contributed by atoms with van der Waals surface area (Å²) in [6, 6.07) is 23.8. The van der Waals surface area contributed by atoms with E-state index in [9.17, 15) is 13.2 Å². The average molecular weight is 492 g/mol. The monoisotopic (exact) mass is 491 g/mol. The highest BCUT2D eigenvalue weighted by molar-refractivity contribution is 7.89. The van der Waals surface area contributed by atoms with Crippen LogP contribution >= 0.6 is 0 Å². The molecule has 0 aromatic heterocycles. The first-order chi connectivity index (χ1) is 17.0. The Kier molecular flexibility index (Phi) is 6.74. The van der Waals surface area contributed by atoms with Crippen molar-refractivity contribution in [1.29, 1.82) is 0 Å². The van der Waals surface area contributed by atoms with E-state index in [1.54, 1.807) is 30.3 Å². The fraction of sp³-hybridized carbons (Fsp3) is 0.296. The van der Waals surface area contributed by atoms with E-state index in [2.05, 4.69) is 5.32 Å². The molecule has 5 rings (SSSR count). The number of benzene rings is 3. The lowest BCUT2D eigenvalue weighted by Gasteiger charge is -2.37. The molecule has 8 heteroatoms. The first-order valence-corrected chi connectivity index (χ1v) is 13.4. The van der Waals surface area contributed by atoms with Gasteiger partial charge in [0.1, 0.15) is 16.8 Å². The van der Waals surface area contributed by atoms with E-state index >= 15 is 0 Å². The molecule has 1 atom stereocenters. The summed E-state index contributed by atoms with van der Waals surface area (Å²) < 4.78 is 34.4. The van der Waals surface area contributed by atoms with Crippen molar-refractivity contribution in [1.82, 2.24) is 9.21 Å². The molecule has 182 valence electrons. The Labute approximate surface area is 206 Å². The maximum Gasteiger partial charge on any atom is 0.260 e. The maximum atomic E-state index is 13.6. The number of hydrogen-bond acceptors (Lipinski definition) is 5. The van der Waals surface area contributed by atoms with Crippen molar-refractivity contribution in [3.63, 3.8) is 0 Å². The number of ether oxygens (including phenoxy) is 1. The minimum atomic E-state index is -3.73. The molecular weight excluding hydrogens is 462 g/mol. The van der Waals surface area contributed by atoms with E-state index in [0.717, 1.165) is 37.1 Å². The largest absolute Gasteiger partial charge is 0.484 e. The van der Waals surface area contributed by atoms with Crippen LogP contribution < -0.4 is 10.1 Å². The van der Waals surface area contributed by atoms with Crippen LogP contribution in [-0.2, 0) is 21.4 Å². The zero-order valence-electron chi connectivity index (χ0n) is 19.5. The van der Waals surface area contributed by atoms with Crippen LogP contribution in [0, 0.1) is 0 Å². The Morgan fingerprint density at radius 1 is 0.886 bits per heavy atom. The quantitative estimate of drug-likeness (QED) is 0.553. The highest BCUT2D eigenvalue weighted by Crippen LogP contribution is 2.39. The molecule has 0 radical (unpaired) electrons. The first kappa shape index (κ1) is 23.4. The molecule has 2 heterocycles. The summed E-state index contributed by atoms with van der Waals surface area (Å²) >= 11 is 0. The van der Waals surface area contributed by atoms with Gasteiger partial charge >= 0.3 is 0 Å². The Balaban J connectivity index is 1.37. The zero-order valence-corrected chi connectivity index (χ0v) is 20.3. The van der Waals surface area contributed by atoms with Gasteiger partial charge in [-0.05, 0) is 54.7 Å². The topological polar surface area (TPSA) is 78.9 Å². The molecule has 1 fully saturated rings. The molecule has 0 spiro atoms. The summed E-state index contributed by atoms with van der Waals surface area (Å²) in [5, 5.41) is 3.40. The van der Waals surface area contributed by atoms with E-state index in [4.69, 9.17) is 4.74 Å². The molecule has 2 aliphatic rings. The molecule has 1 amide bonds. The fourth-order valence-electron chi connectivity index (χ4n) is 4.61. The van der Waals surface area contributed by atoms with Gasteiger partial charge in [-0.2, -0.15) is 4.31 Å². The number of nitrogens with one attached hydrogen (secondary N) is 1. The van der Waals surface area contributed by atoms with Crippen molar-refractivity contribution in [2.75, 3.05) is 25.0 Å². The number of anilines is 1. The molecule has 1 N–H and O–H groups in total. The van der Waals surface area contributed by atoms with Crippen molar-refractivity contribution in [2.45, 2.75) is 36.9 Å². The summed E-state index contributed by atoms with van der Waals surface area (Å²) in [6.07, 6.45) is 2.67. The summed E-state index contributed by atoms with van der Waals surface area (Å²) in [7, 11) is -3.73. The number of sulfonamides is 1. The summed E-state index contributed by atoms with van der Waals surface area (Å²) in [5.74, 6) is 0.576. The minimum absolute atomic E-state index is 0.000500. The van der Waals surface area contributed by atoms with Gasteiger partial charge in [-0.3, -0.25) is 4.79 Å². The lowest BCUT2D eigenvalue weighted by atomic mass is 10.1. The second-order valence-electron chi connectivity index (χ2n) is 8.88. The molecular formula is C27H29N3O4S. The second-order valence-corrected chi connectivity index (χ2v) is 10.7. The van der Waals surface area contributed by atoms with Crippen LogP contribution in [-0.4, -0.2) is 43.2 Å². The van der Waals surface area contributed by atoms with E-state index in [1.165, 1.54) is 10.7 Å². The molecule has 3 aromatic carbocycles. The van der Waals surface area contributed by atoms with E-state index in [1.807, 2.05) is 53.4 Å². The van der Waals surface area contributed by atoms with Gasteiger partial charge in [0.25, 0.3) is 5.91 Å². The third-order valence-corrected chi connectivity index (χ3v) is 8.37. The molecule has 0 aliphatic carbocycles. The lowest BCUT2D eigenvalue weighted by molar-refractivity contribution is -0.134. The van der Waals surface area contributed by atoms with Crippen LogP contribution in [0.15, 0.2) is 83.8 Å². The van der Waals surface area contributed by atoms with Crippen LogP contribution in [0.1, 0.15) is 36.6 Å². The van der Waals surface area contributed by atoms with E-state index < -0.39 is 16.2 Å². The van der Waals surface area contributed by atoms with Gasteiger partial charge in [0.2, 0.25) is 10.0 Å². The molecule has 35 heavy (non-hydrogen) atoms. The van der Waals surface area contributed by atoms with E-state index in [0.29, 0.717) is 11.4 Å². The van der Waals surface area contributed by atoms with Crippen molar-refractivity contribution < 1.29 is 17.9 Å². The van der Waals surface area contributed by atoms with Crippen molar-refractivity contribution >= 4 is 21.6 Å². The number of nitrogens with zero attached hydrogens (tertiary/aromatic N) is 2. The molecule has 1 unspecified atom stereocenters. The van der Waals surface area contributed by atoms with Gasteiger partial charge in [-0.1, -0.05) is 54.6 Å². The summed E-state index contributed by atoms with van der Waals surface area (Å²) in [4.78, 5) is 14.5. The molecule has 1 saturated heterocycles. The number of rotatable bonds is 6. The highest BCUT2D eigenvalue weighted by atomic mass is 32.2. The van der Waals surface area contributed by atoms with Crippen LogP contribution in [0.3, 0.4) is 0 Å². The number of para-hydroxylation sites is 1. The number of piperidine rings is 1. The van der Waals surface area contributed by atoms with Crippen LogP contribution in [0.5, 0.6) is 5.75 Å². The SMILES string of the molecule is O=C(COc1ccc(C2Nc3ccccc3S(=O)(=O)N2Cc2ccccc2)cc1)N1CCCCC1. The Bertz CT molecular complexity index is 1270. The van der Waals surface area contributed by atoms with Crippen molar-refractivity contribution in [2.24, 2.45) is 0 Å². The number of hydrogen-bond donors (Lipinski definition) is 1. The van der Waals surface area contributed by atoms with Gasteiger partial charge in [-0.15, -0.1) is 0 Å². The highest BCUT2D eigenvalue weighted by Gasteiger charge is 2.38.